The van der Waals surface area contributed by atoms with Crippen molar-refractivity contribution < 1.29 is 9.90 Å². The van der Waals surface area contributed by atoms with E-state index in [9.17, 15) is 9.90 Å². The summed E-state index contributed by atoms with van der Waals surface area (Å²) in [6.45, 7) is 0. The van der Waals surface area contributed by atoms with Crippen LogP contribution in [0.2, 0.25) is 0 Å². The Bertz CT molecular complexity index is 734. The summed E-state index contributed by atoms with van der Waals surface area (Å²) in [5.41, 5.74) is 0.712. The summed E-state index contributed by atoms with van der Waals surface area (Å²) in [5, 5.41) is 13.6. The molecule has 0 spiro atoms. The first-order valence-electron chi connectivity index (χ1n) is 5.82. The normalized spacial score (nSPS) is 10.5. The molecule has 3 nitrogen and oxygen atoms in total. The van der Waals surface area contributed by atoms with E-state index in [1.165, 1.54) is 11.3 Å². The number of carbonyl (C=O) groups excluding carboxylic acids is 1. The number of hydrogen-bond donors (Lipinski definition) is 2. The van der Waals surface area contributed by atoms with E-state index in [0.717, 1.165) is 4.70 Å². The lowest BCUT2D eigenvalue weighted by Gasteiger charge is -2.03. The molecule has 0 saturated carbocycles. The van der Waals surface area contributed by atoms with Gasteiger partial charge < -0.3 is 10.4 Å². The van der Waals surface area contributed by atoms with Gasteiger partial charge in [-0.2, -0.15) is 0 Å². The van der Waals surface area contributed by atoms with E-state index in [0.29, 0.717) is 16.0 Å². The van der Waals surface area contributed by atoms with Gasteiger partial charge in [-0.05, 0) is 24.3 Å². The number of rotatable bonds is 2. The van der Waals surface area contributed by atoms with Crippen LogP contribution in [0.4, 0.5) is 5.69 Å². The highest BCUT2D eigenvalue weighted by atomic mass is 32.1. The molecule has 3 aromatic rings. The third kappa shape index (κ3) is 2.18. The molecule has 0 radical (unpaired) electrons. The smallest absolute Gasteiger partial charge is 0.269 e. The van der Waals surface area contributed by atoms with Crippen molar-refractivity contribution in [1.29, 1.82) is 0 Å². The molecule has 0 bridgehead atoms. The quantitative estimate of drug-likeness (QED) is 0.742. The van der Waals surface area contributed by atoms with Crippen molar-refractivity contribution >= 4 is 33.0 Å². The van der Waals surface area contributed by atoms with Crippen LogP contribution in [0.3, 0.4) is 0 Å². The first kappa shape index (κ1) is 11.7. The van der Waals surface area contributed by atoms with Crippen molar-refractivity contribution in [3.8, 4) is 5.75 Å². The Hall–Kier alpha value is -2.33. The van der Waals surface area contributed by atoms with E-state index in [4.69, 9.17) is 0 Å². The van der Waals surface area contributed by atoms with E-state index >= 15 is 0 Å². The Balaban J connectivity index is 1.96. The Morgan fingerprint density at radius 2 is 1.68 bits per heavy atom. The minimum Gasteiger partial charge on any atom is -0.506 e. The first-order valence-corrected chi connectivity index (χ1v) is 6.64. The van der Waals surface area contributed by atoms with Gasteiger partial charge in [-0.25, -0.2) is 0 Å². The number of amides is 1. The SMILES string of the molecule is O=C(Nc1ccccc1)c1sc2ccccc2c1O. The summed E-state index contributed by atoms with van der Waals surface area (Å²) in [6, 6.07) is 16.6. The Morgan fingerprint density at radius 3 is 2.42 bits per heavy atom. The zero-order valence-corrected chi connectivity index (χ0v) is 10.8. The number of carbonyl (C=O) groups is 1. The Labute approximate surface area is 114 Å². The van der Waals surface area contributed by atoms with Gasteiger partial charge in [-0.3, -0.25) is 4.79 Å². The van der Waals surface area contributed by atoms with Gasteiger partial charge in [0.05, 0.1) is 0 Å². The monoisotopic (exact) mass is 269 g/mol. The van der Waals surface area contributed by atoms with Crippen LogP contribution < -0.4 is 5.32 Å². The fourth-order valence-corrected chi connectivity index (χ4v) is 2.89. The fraction of sp³-hybridized carbons (Fsp3) is 0. The van der Waals surface area contributed by atoms with Crippen LogP contribution in [0.1, 0.15) is 9.67 Å². The molecule has 94 valence electrons. The molecule has 4 heteroatoms. The van der Waals surface area contributed by atoms with Crippen molar-refractivity contribution in [2.24, 2.45) is 0 Å². The summed E-state index contributed by atoms with van der Waals surface area (Å²) in [4.78, 5) is 12.5. The molecule has 2 N–H and O–H groups in total. The number of fused-ring (bicyclic) bond motifs is 1. The van der Waals surface area contributed by atoms with Gasteiger partial charge in [0, 0.05) is 15.8 Å². The fourth-order valence-electron chi connectivity index (χ4n) is 1.90. The molecule has 3 rings (SSSR count). The number of thiophene rings is 1. The van der Waals surface area contributed by atoms with Crippen LogP contribution >= 0.6 is 11.3 Å². The van der Waals surface area contributed by atoms with Crippen LogP contribution in [0.5, 0.6) is 5.75 Å². The lowest BCUT2D eigenvalue weighted by molar-refractivity contribution is 0.102. The first-order chi connectivity index (χ1) is 9.25. The van der Waals surface area contributed by atoms with Gasteiger partial charge in [0.1, 0.15) is 10.6 Å². The standard InChI is InChI=1S/C15H11NO2S/c17-13-11-8-4-5-9-12(11)19-14(13)15(18)16-10-6-2-1-3-7-10/h1-9,17H,(H,16,18). The van der Waals surface area contributed by atoms with Crippen LogP contribution in [-0.4, -0.2) is 11.0 Å². The molecule has 0 atom stereocenters. The second-order valence-corrected chi connectivity index (χ2v) is 5.15. The molecule has 1 amide bonds. The van der Waals surface area contributed by atoms with E-state index < -0.39 is 0 Å². The largest absolute Gasteiger partial charge is 0.506 e. The summed E-state index contributed by atoms with van der Waals surface area (Å²) in [7, 11) is 0. The molecule has 1 heterocycles. The topological polar surface area (TPSA) is 49.3 Å². The van der Waals surface area contributed by atoms with Crippen LogP contribution in [0, 0.1) is 0 Å². The van der Waals surface area contributed by atoms with E-state index in [2.05, 4.69) is 5.32 Å². The maximum absolute atomic E-state index is 12.1. The molecule has 19 heavy (non-hydrogen) atoms. The predicted molar refractivity (Wildman–Crippen MR) is 77.9 cm³/mol. The number of aromatic hydroxyl groups is 1. The minimum absolute atomic E-state index is 0.0500. The third-order valence-electron chi connectivity index (χ3n) is 2.81. The molecular formula is C15H11NO2S. The average Bonchev–Trinajstić information content (AvgIpc) is 2.78. The maximum Gasteiger partial charge on any atom is 0.269 e. The van der Waals surface area contributed by atoms with Gasteiger partial charge >= 0.3 is 0 Å². The lowest BCUT2D eigenvalue weighted by Crippen LogP contribution is -2.10. The molecular weight excluding hydrogens is 258 g/mol. The molecule has 1 aromatic heterocycles. The lowest BCUT2D eigenvalue weighted by atomic mass is 10.2. The average molecular weight is 269 g/mol. The molecule has 0 aliphatic carbocycles. The summed E-state index contributed by atoms with van der Waals surface area (Å²) < 4.78 is 0.901. The zero-order chi connectivity index (χ0) is 13.2. The molecule has 0 saturated heterocycles. The van der Waals surface area contributed by atoms with Crippen molar-refractivity contribution in [3.05, 3.63) is 59.5 Å². The van der Waals surface area contributed by atoms with Crippen molar-refractivity contribution in [1.82, 2.24) is 0 Å². The van der Waals surface area contributed by atoms with Crippen LogP contribution in [0.25, 0.3) is 10.1 Å². The van der Waals surface area contributed by atoms with Crippen LogP contribution in [-0.2, 0) is 0 Å². The zero-order valence-electron chi connectivity index (χ0n) is 9.96. The number of hydrogen-bond acceptors (Lipinski definition) is 3. The Kier molecular flexibility index (Phi) is 2.93. The number of benzene rings is 2. The molecule has 0 unspecified atom stereocenters. The molecule has 0 fully saturated rings. The van der Waals surface area contributed by atoms with Crippen molar-refractivity contribution in [2.45, 2.75) is 0 Å². The van der Waals surface area contributed by atoms with Gasteiger partial charge in [0.2, 0.25) is 0 Å². The second kappa shape index (κ2) is 4.74. The van der Waals surface area contributed by atoms with E-state index in [1.807, 2.05) is 48.5 Å². The summed E-state index contributed by atoms with van der Waals surface area (Å²) in [5.74, 6) is -0.237. The van der Waals surface area contributed by atoms with Crippen molar-refractivity contribution in [2.75, 3.05) is 5.32 Å². The highest BCUT2D eigenvalue weighted by Gasteiger charge is 2.17. The highest BCUT2D eigenvalue weighted by Crippen LogP contribution is 2.36. The van der Waals surface area contributed by atoms with Gasteiger partial charge in [0.25, 0.3) is 5.91 Å². The van der Waals surface area contributed by atoms with Crippen molar-refractivity contribution in [3.63, 3.8) is 0 Å². The van der Waals surface area contributed by atoms with E-state index in [1.54, 1.807) is 6.07 Å². The molecule has 0 aliphatic rings. The predicted octanol–water partition coefficient (Wildman–Crippen LogP) is 3.86. The number of anilines is 1. The maximum atomic E-state index is 12.1. The Morgan fingerprint density at radius 1 is 1.00 bits per heavy atom. The van der Waals surface area contributed by atoms with Crippen LogP contribution in [0.15, 0.2) is 54.6 Å². The van der Waals surface area contributed by atoms with Gasteiger partial charge in [-0.1, -0.05) is 30.3 Å². The minimum atomic E-state index is -0.287. The number of nitrogens with one attached hydrogen (secondary N) is 1. The van der Waals surface area contributed by atoms with Gasteiger partial charge in [-0.15, -0.1) is 11.3 Å². The molecule has 2 aromatic carbocycles. The second-order valence-electron chi connectivity index (χ2n) is 4.10. The van der Waals surface area contributed by atoms with E-state index in [-0.39, 0.29) is 11.7 Å². The molecule has 0 aliphatic heterocycles. The summed E-state index contributed by atoms with van der Waals surface area (Å²) >= 11 is 1.29. The summed E-state index contributed by atoms with van der Waals surface area (Å²) in [6.07, 6.45) is 0. The number of para-hydroxylation sites is 1. The third-order valence-corrected chi connectivity index (χ3v) is 3.97. The highest BCUT2D eigenvalue weighted by molar-refractivity contribution is 7.21. The van der Waals surface area contributed by atoms with Gasteiger partial charge in [0.15, 0.2) is 0 Å².